The van der Waals surface area contributed by atoms with Crippen molar-refractivity contribution in [3.05, 3.63) is 28.3 Å². The van der Waals surface area contributed by atoms with Gasteiger partial charge in [-0.15, -0.1) is 0 Å². The van der Waals surface area contributed by atoms with E-state index in [1.54, 1.807) is 6.07 Å². The second-order valence-electron chi connectivity index (χ2n) is 4.07. The van der Waals surface area contributed by atoms with Crippen LogP contribution in [-0.2, 0) is 0 Å². The molecule has 0 N–H and O–H groups in total. The van der Waals surface area contributed by atoms with E-state index in [-0.39, 0.29) is 5.69 Å². The number of rotatable bonds is 3. The molecule has 0 aliphatic carbocycles. The van der Waals surface area contributed by atoms with Crippen molar-refractivity contribution >= 4 is 11.4 Å². The van der Waals surface area contributed by atoms with E-state index in [1.807, 2.05) is 0 Å². The standard InChI is InChI=1S/C12H16N2O3/c1-3-9-8-17-12-7-10(14(15)16)5-6-11(12)13(9)4-2/h5-7,9H,3-4,8H2,1-2H3. The van der Waals surface area contributed by atoms with Crippen molar-refractivity contribution in [1.82, 2.24) is 0 Å². The Morgan fingerprint density at radius 3 is 2.88 bits per heavy atom. The van der Waals surface area contributed by atoms with E-state index in [9.17, 15) is 10.1 Å². The number of nitro benzene ring substituents is 1. The van der Waals surface area contributed by atoms with Gasteiger partial charge in [0.1, 0.15) is 12.4 Å². The van der Waals surface area contributed by atoms with Crippen molar-refractivity contribution in [2.75, 3.05) is 18.1 Å². The number of hydrogen-bond donors (Lipinski definition) is 0. The largest absolute Gasteiger partial charge is 0.489 e. The molecule has 1 heterocycles. The lowest BCUT2D eigenvalue weighted by Crippen LogP contribution is -2.42. The fourth-order valence-corrected chi connectivity index (χ4v) is 2.21. The van der Waals surface area contributed by atoms with E-state index < -0.39 is 4.92 Å². The third kappa shape index (κ3) is 2.05. The SMILES string of the molecule is CCC1COc2cc([N+](=O)[O-])ccc2N1CC. The van der Waals surface area contributed by atoms with Gasteiger partial charge in [0.25, 0.3) is 5.69 Å². The van der Waals surface area contributed by atoms with Gasteiger partial charge in [-0.2, -0.15) is 0 Å². The van der Waals surface area contributed by atoms with Crippen LogP contribution in [0.4, 0.5) is 11.4 Å². The Balaban J connectivity index is 2.38. The number of non-ortho nitro benzene ring substituents is 1. The summed E-state index contributed by atoms with van der Waals surface area (Å²) in [6.07, 6.45) is 1.00. The third-order valence-corrected chi connectivity index (χ3v) is 3.15. The van der Waals surface area contributed by atoms with Crippen LogP contribution < -0.4 is 9.64 Å². The van der Waals surface area contributed by atoms with E-state index in [1.165, 1.54) is 12.1 Å². The maximum Gasteiger partial charge on any atom is 0.273 e. The van der Waals surface area contributed by atoms with Crippen LogP contribution in [0, 0.1) is 10.1 Å². The van der Waals surface area contributed by atoms with Crippen LogP contribution in [0.1, 0.15) is 20.3 Å². The molecule has 17 heavy (non-hydrogen) atoms. The summed E-state index contributed by atoms with van der Waals surface area (Å²) in [4.78, 5) is 12.5. The number of nitro groups is 1. The summed E-state index contributed by atoms with van der Waals surface area (Å²) in [5.41, 5.74) is 1.03. The van der Waals surface area contributed by atoms with E-state index in [2.05, 4.69) is 18.7 Å². The minimum absolute atomic E-state index is 0.0785. The Morgan fingerprint density at radius 2 is 2.29 bits per heavy atom. The van der Waals surface area contributed by atoms with Crippen molar-refractivity contribution < 1.29 is 9.66 Å². The van der Waals surface area contributed by atoms with E-state index in [4.69, 9.17) is 4.74 Å². The molecule has 2 rings (SSSR count). The van der Waals surface area contributed by atoms with Gasteiger partial charge in [0.2, 0.25) is 0 Å². The van der Waals surface area contributed by atoms with Gasteiger partial charge < -0.3 is 9.64 Å². The number of hydrogen-bond acceptors (Lipinski definition) is 4. The number of nitrogens with zero attached hydrogens (tertiary/aromatic N) is 2. The van der Waals surface area contributed by atoms with Crippen LogP contribution >= 0.6 is 0 Å². The predicted octanol–water partition coefficient (Wildman–Crippen LogP) is 2.59. The molecule has 1 aromatic carbocycles. The second-order valence-corrected chi connectivity index (χ2v) is 4.07. The Labute approximate surface area is 100 Å². The summed E-state index contributed by atoms with van der Waals surface area (Å²) in [6, 6.07) is 5.17. The quantitative estimate of drug-likeness (QED) is 0.598. The molecule has 0 bridgehead atoms. The zero-order chi connectivity index (χ0) is 12.4. The first-order valence-electron chi connectivity index (χ1n) is 5.85. The second kappa shape index (κ2) is 4.61. The summed E-state index contributed by atoms with van der Waals surface area (Å²) < 4.78 is 5.60. The molecule has 92 valence electrons. The lowest BCUT2D eigenvalue weighted by molar-refractivity contribution is -0.384. The summed E-state index contributed by atoms with van der Waals surface area (Å²) in [5, 5.41) is 10.7. The molecule has 0 fully saturated rings. The molecule has 1 atom stereocenters. The fraction of sp³-hybridized carbons (Fsp3) is 0.500. The maximum atomic E-state index is 10.7. The number of likely N-dealkylation sites (N-methyl/N-ethyl adjacent to an activating group) is 1. The topological polar surface area (TPSA) is 55.6 Å². The van der Waals surface area contributed by atoms with Gasteiger partial charge in [0.05, 0.1) is 22.7 Å². The Kier molecular flexibility index (Phi) is 3.17. The molecule has 0 aromatic heterocycles. The average Bonchev–Trinajstić information content (AvgIpc) is 2.36. The highest BCUT2D eigenvalue weighted by atomic mass is 16.6. The molecule has 5 heteroatoms. The van der Waals surface area contributed by atoms with Gasteiger partial charge in [0, 0.05) is 12.6 Å². The highest BCUT2D eigenvalue weighted by molar-refractivity contribution is 5.64. The number of fused-ring (bicyclic) bond motifs is 1. The fourth-order valence-electron chi connectivity index (χ4n) is 2.21. The Hall–Kier alpha value is -1.78. The predicted molar refractivity (Wildman–Crippen MR) is 65.7 cm³/mol. The van der Waals surface area contributed by atoms with Crippen LogP contribution in [0.3, 0.4) is 0 Å². The molecule has 0 radical (unpaired) electrons. The maximum absolute atomic E-state index is 10.7. The molecular weight excluding hydrogens is 220 g/mol. The third-order valence-electron chi connectivity index (χ3n) is 3.15. The minimum atomic E-state index is -0.397. The number of benzene rings is 1. The molecule has 1 unspecified atom stereocenters. The van der Waals surface area contributed by atoms with Crippen molar-refractivity contribution in [2.45, 2.75) is 26.3 Å². The van der Waals surface area contributed by atoms with Gasteiger partial charge in [0.15, 0.2) is 0 Å². The summed E-state index contributed by atoms with van der Waals surface area (Å²) >= 11 is 0. The number of anilines is 1. The van der Waals surface area contributed by atoms with Gasteiger partial charge in [-0.25, -0.2) is 0 Å². The van der Waals surface area contributed by atoms with Crippen molar-refractivity contribution in [1.29, 1.82) is 0 Å². The molecule has 1 aliphatic heterocycles. The van der Waals surface area contributed by atoms with E-state index in [0.717, 1.165) is 18.7 Å². The van der Waals surface area contributed by atoms with Crippen molar-refractivity contribution in [3.8, 4) is 5.75 Å². The lowest BCUT2D eigenvalue weighted by Gasteiger charge is -2.37. The average molecular weight is 236 g/mol. The smallest absolute Gasteiger partial charge is 0.273 e. The Morgan fingerprint density at radius 1 is 1.53 bits per heavy atom. The van der Waals surface area contributed by atoms with Crippen LogP contribution in [0.2, 0.25) is 0 Å². The summed E-state index contributed by atoms with van der Waals surface area (Å²) in [6.45, 7) is 5.68. The van der Waals surface area contributed by atoms with Crippen molar-refractivity contribution in [2.24, 2.45) is 0 Å². The van der Waals surface area contributed by atoms with Crippen LogP contribution in [0.15, 0.2) is 18.2 Å². The Bertz CT molecular complexity index is 434. The molecule has 0 spiro atoms. The van der Waals surface area contributed by atoms with Crippen molar-refractivity contribution in [3.63, 3.8) is 0 Å². The van der Waals surface area contributed by atoms with Gasteiger partial charge in [-0.05, 0) is 19.4 Å². The lowest BCUT2D eigenvalue weighted by atomic mass is 10.1. The molecule has 0 amide bonds. The van der Waals surface area contributed by atoms with Crippen LogP contribution in [0.5, 0.6) is 5.75 Å². The molecule has 1 aliphatic rings. The van der Waals surface area contributed by atoms with Gasteiger partial charge in [-0.3, -0.25) is 10.1 Å². The highest BCUT2D eigenvalue weighted by Crippen LogP contribution is 2.37. The zero-order valence-corrected chi connectivity index (χ0v) is 10.0. The van der Waals surface area contributed by atoms with Crippen LogP contribution in [-0.4, -0.2) is 24.1 Å². The molecular formula is C12H16N2O3. The first-order chi connectivity index (χ1) is 8.17. The van der Waals surface area contributed by atoms with E-state index in [0.29, 0.717) is 18.4 Å². The first-order valence-corrected chi connectivity index (χ1v) is 5.85. The monoisotopic (exact) mass is 236 g/mol. The number of ether oxygens (including phenoxy) is 1. The molecule has 0 saturated heterocycles. The molecule has 0 saturated carbocycles. The first kappa shape index (κ1) is 11.7. The normalized spacial score (nSPS) is 18.5. The van der Waals surface area contributed by atoms with Gasteiger partial charge >= 0.3 is 0 Å². The summed E-state index contributed by atoms with van der Waals surface area (Å²) in [7, 11) is 0. The van der Waals surface area contributed by atoms with Gasteiger partial charge in [-0.1, -0.05) is 6.92 Å². The highest BCUT2D eigenvalue weighted by Gasteiger charge is 2.26. The van der Waals surface area contributed by atoms with Crippen LogP contribution in [0.25, 0.3) is 0 Å². The minimum Gasteiger partial charge on any atom is -0.489 e. The zero-order valence-electron chi connectivity index (χ0n) is 10.0. The van der Waals surface area contributed by atoms with E-state index >= 15 is 0 Å². The summed E-state index contributed by atoms with van der Waals surface area (Å²) in [5.74, 6) is 0.616. The molecule has 5 nitrogen and oxygen atoms in total. The molecule has 1 aromatic rings.